The highest BCUT2D eigenvalue weighted by Gasteiger charge is 2.46. The maximum absolute atomic E-state index is 14.4. The predicted octanol–water partition coefficient (Wildman–Crippen LogP) is 3.26. The van der Waals surface area contributed by atoms with Gasteiger partial charge in [0.05, 0.1) is 18.8 Å². The molecule has 0 amide bonds. The summed E-state index contributed by atoms with van der Waals surface area (Å²) in [4.78, 5) is 2.06. The van der Waals surface area contributed by atoms with Crippen molar-refractivity contribution in [1.29, 1.82) is 5.26 Å². The summed E-state index contributed by atoms with van der Waals surface area (Å²) < 4.78 is 25.6. The lowest BCUT2D eigenvalue weighted by Gasteiger charge is -2.48. The van der Waals surface area contributed by atoms with E-state index in [1.165, 1.54) is 7.11 Å². The SMILES string of the molecule is COc1cccc(CN2CCC[C@]3(CCCCO3)[C@H]2C#N)c1F. The number of benzene rings is 1. The molecule has 0 aromatic heterocycles. The van der Waals surface area contributed by atoms with Crippen molar-refractivity contribution in [2.45, 2.75) is 50.3 Å². The molecule has 5 heteroatoms. The van der Waals surface area contributed by atoms with Crippen LogP contribution in [0, 0.1) is 17.1 Å². The number of hydrogen-bond donors (Lipinski definition) is 0. The van der Waals surface area contributed by atoms with Crippen molar-refractivity contribution < 1.29 is 13.9 Å². The van der Waals surface area contributed by atoms with Gasteiger partial charge in [-0.3, -0.25) is 4.90 Å². The Morgan fingerprint density at radius 2 is 2.22 bits per heavy atom. The van der Waals surface area contributed by atoms with Gasteiger partial charge in [0.2, 0.25) is 0 Å². The monoisotopic (exact) mass is 318 g/mol. The van der Waals surface area contributed by atoms with Crippen molar-refractivity contribution in [2.75, 3.05) is 20.3 Å². The average Bonchev–Trinajstić information content (AvgIpc) is 2.58. The first-order valence-electron chi connectivity index (χ1n) is 8.29. The van der Waals surface area contributed by atoms with Crippen LogP contribution >= 0.6 is 0 Å². The van der Waals surface area contributed by atoms with E-state index in [2.05, 4.69) is 11.0 Å². The van der Waals surface area contributed by atoms with Crippen molar-refractivity contribution >= 4 is 0 Å². The fourth-order valence-electron chi connectivity index (χ4n) is 3.89. The van der Waals surface area contributed by atoms with E-state index >= 15 is 0 Å². The van der Waals surface area contributed by atoms with Gasteiger partial charge in [-0.15, -0.1) is 0 Å². The zero-order valence-electron chi connectivity index (χ0n) is 13.6. The molecule has 0 radical (unpaired) electrons. The van der Waals surface area contributed by atoms with E-state index in [0.29, 0.717) is 12.1 Å². The molecule has 2 aliphatic heterocycles. The molecular formula is C18H23FN2O2. The van der Waals surface area contributed by atoms with Gasteiger partial charge in [-0.1, -0.05) is 12.1 Å². The average molecular weight is 318 g/mol. The van der Waals surface area contributed by atoms with Crippen LogP contribution < -0.4 is 4.74 Å². The molecule has 1 aromatic carbocycles. The minimum atomic E-state index is -0.374. The zero-order valence-corrected chi connectivity index (χ0v) is 13.6. The van der Waals surface area contributed by atoms with Crippen LogP contribution in [0.3, 0.4) is 0 Å². The van der Waals surface area contributed by atoms with Gasteiger partial charge < -0.3 is 9.47 Å². The van der Waals surface area contributed by atoms with E-state index in [9.17, 15) is 9.65 Å². The van der Waals surface area contributed by atoms with Gasteiger partial charge in [-0.2, -0.15) is 5.26 Å². The largest absolute Gasteiger partial charge is 0.494 e. The lowest BCUT2D eigenvalue weighted by Crippen LogP contribution is -2.58. The molecule has 23 heavy (non-hydrogen) atoms. The fraction of sp³-hybridized carbons (Fsp3) is 0.611. The van der Waals surface area contributed by atoms with Crippen LogP contribution in [0.4, 0.5) is 4.39 Å². The van der Waals surface area contributed by atoms with Crippen LogP contribution in [-0.4, -0.2) is 36.8 Å². The lowest BCUT2D eigenvalue weighted by molar-refractivity contribution is -0.138. The van der Waals surface area contributed by atoms with E-state index in [1.54, 1.807) is 18.2 Å². The number of piperidine rings is 1. The number of methoxy groups -OCH3 is 1. The molecule has 2 fully saturated rings. The molecule has 2 aliphatic rings. The summed E-state index contributed by atoms with van der Waals surface area (Å²) in [5.74, 6) is -0.0903. The number of halogens is 1. The van der Waals surface area contributed by atoms with E-state index in [1.807, 2.05) is 0 Å². The smallest absolute Gasteiger partial charge is 0.169 e. The van der Waals surface area contributed by atoms with Crippen molar-refractivity contribution in [2.24, 2.45) is 0 Å². The van der Waals surface area contributed by atoms with Crippen molar-refractivity contribution in [3.05, 3.63) is 29.6 Å². The van der Waals surface area contributed by atoms with E-state index < -0.39 is 0 Å². The fourth-order valence-corrected chi connectivity index (χ4v) is 3.89. The van der Waals surface area contributed by atoms with E-state index in [4.69, 9.17) is 9.47 Å². The second kappa shape index (κ2) is 6.86. The number of likely N-dealkylation sites (tertiary alicyclic amines) is 1. The van der Waals surface area contributed by atoms with Gasteiger partial charge >= 0.3 is 0 Å². The Hall–Kier alpha value is -1.64. The molecule has 4 nitrogen and oxygen atoms in total. The highest BCUT2D eigenvalue weighted by molar-refractivity contribution is 5.31. The van der Waals surface area contributed by atoms with Crippen LogP contribution in [0.2, 0.25) is 0 Å². The third-order valence-electron chi connectivity index (χ3n) is 5.05. The summed E-state index contributed by atoms with van der Waals surface area (Å²) in [6, 6.07) is 7.27. The topological polar surface area (TPSA) is 45.5 Å². The quantitative estimate of drug-likeness (QED) is 0.858. The Balaban J connectivity index is 1.83. The summed E-state index contributed by atoms with van der Waals surface area (Å²) in [6.45, 7) is 1.92. The molecular weight excluding hydrogens is 295 g/mol. The third kappa shape index (κ3) is 3.06. The molecule has 2 saturated heterocycles. The Morgan fingerprint density at radius 3 is 2.91 bits per heavy atom. The molecule has 1 spiro atoms. The molecule has 1 aromatic rings. The van der Waals surface area contributed by atoms with Gasteiger partial charge in [-0.05, 0) is 44.7 Å². The molecule has 124 valence electrons. The standard InChI is InChI=1S/C18H23FN2O2/c1-22-15-7-4-6-14(17(15)19)13-21-10-5-9-18(16(21)12-20)8-2-3-11-23-18/h4,6-7,16H,2-3,5,8-11,13H2,1H3/t16-,18-/m1/s1. The first-order chi connectivity index (χ1) is 11.2. The normalized spacial score (nSPS) is 28.5. The molecule has 2 heterocycles. The first kappa shape index (κ1) is 16.2. The number of nitriles is 1. The van der Waals surface area contributed by atoms with Crippen molar-refractivity contribution in [3.8, 4) is 11.8 Å². The van der Waals surface area contributed by atoms with Gasteiger partial charge in [0.15, 0.2) is 11.6 Å². The Morgan fingerprint density at radius 1 is 1.39 bits per heavy atom. The maximum Gasteiger partial charge on any atom is 0.169 e. The predicted molar refractivity (Wildman–Crippen MR) is 84.5 cm³/mol. The number of nitrogens with zero attached hydrogens (tertiary/aromatic N) is 2. The van der Waals surface area contributed by atoms with Gasteiger partial charge in [-0.25, -0.2) is 4.39 Å². The Kier molecular flexibility index (Phi) is 4.84. The van der Waals surface area contributed by atoms with Gasteiger partial charge in [0, 0.05) is 18.7 Å². The van der Waals surface area contributed by atoms with Crippen LogP contribution in [0.5, 0.6) is 5.75 Å². The van der Waals surface area contributed by atoms with Crippen LogP contribution in [0.1, 0.15) is 37.7 Å². The minimum Gasteiger partial charge on any atom is -0.494 e. The molecule has 0 unspecified atom stereocenters. The second-order valence-electron chi connectivity index (χ2n) is 6.41. The molecule has 0 bridgehead atoms. The Labute approximate surface area is 136 Å². The van der Waals surface area contributed by atoms with Crippen molar-refractivity contribution in [3.63, 3.8) is 0 Å². The molecule has 0 N–H and O–H groups in total. The minimum absolute atomic E-state index is 0.247. The summed E-state index contributed by atoms with van der Waals surface area (Å²) in [5, 5.41) is 9.74. The summed E-state index contributed by atoms with van der Waals surface area (Å²) >= 11 is 0. The highest BCUT2D eigenvalue weighted by atomic mass is 19.1. The lowest BCUT2D eigenvalue weighted by atomic mass is 9.79. The third-order valence-corrected chi connectivity index (χ3v) is 5.05. The van der Waals surface area contributed by atoms with Gasteiger partial charge in [0.1, 0.15) is 6.04 Å². The summed E-state index contributed by atoms with van der Waals surface area (Å²) in [6.07, 6.45) is 4.97. The Bertz CT molecular complexity index is 588. The zero-order chi connectivity index (χ0) is 16.3. The summed E-state index contributed by atoms with van der Waals surface area (Å²) in [5.41, 5.74) is 0.193. The number of rotatable bonds is 3. The first-order valence-corrected chi connectivity index (χ1v) is 8.29. The molecule has 3 rings (SSSR count). The second-order valence-corrected chi connectivity index (χ2v) is 6.41. The van der Waals surface area contributed by atoms with Crippen molar-refractivity contribution in [1.82, 2.24) is 4.90 Å². The maximum atomic E-state index is 14.4. The van der Waals surface area contributed by atoms with Crippen LogP contribution in [0.25, 0.3) is 0 Å². The van der Waals surface area contributed by atoms with E-state index in [0.717, 1.165) is 45.3 Å². The summed E-state index contributed by atoms with van der Waals surface area (Å²) in [7, 11) is 1.46. The number of ether oxygens (including phenoxy) is 2. The van der Waals surface area contributed by atoms with E-state index in [-0.39, 0.29) is 23.2 Å². The molecule has 0 aliphatic carbocycles. The highest BCUT2D eigenvalue weighted by Crippen LogP contribution is 2.39. The van der Waals surface area contributed by atoms with Crippen LogP contribution in [0.15, 0.2) is 18.2 Å². The van der Waals surface area contributed by atoms with Gasteiger partial charge in [0.25, 0.3) is 0 Å². The molecule has 0 saturated carbocycles. The molecule has 2 atom stereocenters. The number of hydrogen-bond acceptors (Lipinski definition) is 4. The van der Waals surface area contributed by atoms with Crippen LogP contribution in [-0.2, 0) is 11.3 Å².